The number of anilines is 1. The predicted octanol–water partition coefficient (Wildman–Crippen LogP) is 3.43. The quantitative estimate of drug-likeness (QED) is 0.664. The van der Waals surface area contributed by atoms with Gasteiger partial charge in [0.05, 0.1) is 15.2 Å². The smallest absolute Gasteiger partial charge is 0.236 e. The van der Waals surface area contributed by atoms with Gasteiger partial charge in [0.2, 0.25) is 5.91 Å². The maximum absolute atomic E-state index is 13.4. The second-order valence-corrected chi connectivity index (χ2v) is 13.0. The predicted molar refractivity (Wildman–Crippen MR) is 117 cm³/mol. The molecule has 1 atom stereocenters. The molecule has 7 nitrogen and oxygen atoms in total. The van der Waals surface area contributed by atoms with Crippen LogP contribution in [0, 0.1) is 5.92 Å². The highest BCUT2D eigenvalue weighted by Gasteiger charge is 2.39. The van der Waals surface area contributed by atoms with E-state index in [0.29, 0.717) is 23.0 Å². The first-order valence-corrected chi connectivity index (χ1v) is 14.3. The van der Waals surface area contributed by atoms with E-state index in [1.54, 1.807) is 24.6 Å². The van der Waals surface area contributed by atoms with Gasteiger partial charge < -0.3 is 5.32 Å². The van der Waals surface area contributed by atoms with Crippen molar-refractivity contribution in [1.29, 1.82) is 0 Å². The summed E-state index contributed by atoms with van der Waals surface area (Å²) in [6.07, 6.45) is 8.34. The standard InChI is InChI=1S/C20H26N2O5S3/c1-20(13-14-6-4-5-7-14,18(23)22-19-21-10-11-28-19)15-8-9-16(29(2,24)25)17(12-15)30(3,26)27/h8-12,14H,4-7,13H2,1-3H3,(H,21,22,23). The summed E-state index contributed by atoms with van der Waals surface area (Å²) in [7, 11) is -7.57. The van der Waals surface area contributed by atoms with Crippen LogP contribution in [0.1, 0.15) is 44.6 Å². The Labute approximate surface area is 181 Å². The average Bonchev–Trinajstić information content (AvgIpc) is 3.33. The molecule has 0 bridgehead atoms. The molecule has 1 aliphatic rings. The lowest BCUT2D eigenvalue weighted by molar-refractivity contribution is -0.121. The van der Waals surface area contributed by atoms with Crippen molar-refractivity contribution < 1.29 is 21.6 Å². The van der Waals surface area contributed by atoms with Gasteiger partial charge >= 0.3 is 0 Å². The molecule has 1 aliphatic carbocycles. The van der Waals surface area contributed by atoms with Gasteiger partial charge in [-0.15, -0.1) is 11.3 Å². The highest BCUT2D eigenvalue weighted by Crippen LogP contribution is 2.40. The Morgan fingerprint density at radius 3 is 2.30 bits per heavy atom. The Hall–Kier alpha value is -1.78. The fourth-order valence-corrected chi connectivity index (χ4v) is 7.05. The van der Waals surface area contributed by atoms with E-state index in [2.05, 4.69) is 10.3 Å². The maximum Gasteiger partial charge on any atom is 0.236 e. The monoisotopic (exact) mass is 470 g/mol. The molecule has 0 aliphatic heterocycles. The summed E-state index contributed by atoms with van der Waals surface area (Å²) in [4.78, 5) is 16.9. The van der Waals surface area contributed by atoms with Crippen molar-refractivity contribution in [1.82, 2.24) is 4.98 Å². The molecule has 2 aromatic rings. The first kappa shape index (κ1) is 22.9. The van der Waals surface area contributed by atoms with E-state index in [9.17, 15) is 21.6 Å². The first-order valence-electron chi connectivity index (χ1n) is 9.67. The van der Waals surface area contributed by atoms with Crippen LogP contribution in [0.25, 0.3) is 0 Å². The average molecular weight is 471 g/mol. The minimum absolute atomic E-state index is 0.253. The molecule has 1 amide bonds. The SMILES string of the molecule is CC(CC1CCCC1)(C(=O)Nc1nccs1)c1ccc(S(C)(=O)=O)c(S(C)(=O)=O)c1. The number of carbonyl (C=O) groups excluding carboxylic acids is 1. The molecule has 0 spiro atoms. The highest BCUT2D eigenvalue weighted by atomic mass is 32.2. The van der Waals surface area contributed by atoms with Crippen LogP contribution in [0.4, 0.5) is 5.13 Å². The lowest BCUT2D eigenvalue weighted by atomic mass is 9.74. The van der Waals surface area contributed by atoms with Gasteiger partial charge in [-0.1, -0.05) is 31.7 Å². The molecule has 1 aromatic carbocycles. The van der Waals surface area contributed by atoms with E-state index in [1.807, 2.05) is 0 Å². The zero-order valence-corrected chi connectivity index (χ0v) is 19.7. The first-order chi connectivity index (χ1) is 13.9. The lowest BCUT2D eigenvalue weighted by Gasteiger charge is -2.31. The number of hydrogen-bond donors (Lipinski definition) is 1. The van der Waals surface area contributed by atoms with Crippen LogP contribution in [0.3, 0.4) is 0 Å². The third kappa shape index (κ3) is 4.92. The van der Waals surface area contributed by atoms with Crippen molar-refractivity contribution in [2.45, 2.75) is 54.2 Å². The number of rotatable bonds is 7. The topological polar surface area (TPSA) is 110 Å². The van der Waals surface area contributed by atoms with Gasteiger partial charge in [0.1, 0.15) is 0 Å². The molecule has 1 aromatic heterocycles. The minimum Gasteiger partial charge on any atom is -0.301 e. The van der Waals surface area contributed by atoms with Crippen molar-refractivity contribution in [3.63, 3.8) is 0 Å². The molecule has 1 unspecified atom stereocenters. The Kier molecular flexibility index (Phi) is 6.41. The molecule has 1 heterocycles. The zero-order chi connectivity index (χ0) is 22.2. The van der Waals surface area contributed by atoms with E-state index < -0.39 is 25.1 Å². The molecule has 3 rings (SSSR count). The summed E-state index contributed by atoms with van der Waals surface area (Å²) in [5.74, 6) is 0.0595. The third-order valence-corrected chi connectivity index (χ3v) is 8.81. The normalized spacial score (nSPS) is 17.6. The number of hydrogen-bond acceptors (Lipinski definition) is 7. The van der Waals surface area contributed by atoms with Crippen molar-refractivity contribution in [3.8, 4) is 0 Å². The van der Waals surface area contributed by atoms with E-state index in [4.69, 9.17) is 0 Å². The molecule has 1 fully saturated rings. The number of benzene rings is 1. The molecular weight excluding hydrogens is 444 g/mol. The second-order valence-electron chi connectivity index (χ2n) is 8.18. The summed E-state index contributed by atoms with van der Waals surface area (Å²) >= 11 is 1.30. The second kappa shape index (κ2) is 8.39. The summed E-state index contributed by atoms with van der Waals surface area (Å²) < 4.78 is 49.0. The maximum atomic E-state index is 13.4. The van der Waals surface area contributed by atoms with Crippen molar-refractivity contribution in [2.24, 2.45) is 5.92 Å². The molecule has 0 radical (unpaired) electrons. The molecule has 164 valence electrons. The van der Waals surface area contributed by atoms with Gasteiger partial charge in [0.15, 0.2) is 24.8 Å². The summed E-state index contributed by atoms with van der Waals surface area (Å²) in [6, 6.07) is 4.20. The Morgan fingerprint density at radius 2 is 1.77 bits per heavy atom. The summed E-state index contributed by atoms with van der Waals surface area (Å²) in [5.41, 5.74) is -0.549. The van der Waals surface area contributed by atoms with Crippen LogP contribution in [-0.4, -0.2) is 40.2 Å². The number of nitrogens with zero attached hydrogens (tertiary/aromatic N) is 1. The highest BCUT2D eigenvalue weighted by molar-refractivity contribution is 7.93. The number of thiazole rings is 1. The molecule has 10 heteroatoms. The van der Waals surface area contributed by atoms with Gasteiger partial charge in [-0.25, -0.2) is 21.8 Å². The van der Waals surface area contributed by atoms with Gasteiger partial charge in [-0.3, -0.25) is 4.79 Å². The Morgan fingerprint density at radius 1 is 1.13 bits per heavy atom. The van der Waals surface area contributed by atoms with Gasteiger partial charge in [0, 0.05) is 24.1 Å². The van der Waals surface area contributed by atoms with Crippen LogP contribution in [0.2, 0.25) is 0 Å². The Balaban J connectivity index is 2.11. The van der Waals surface area contributed by atoms with Crippen LogP contribution in [-0.2, 0) is 29.9 Å². The number of sulfone groups is 2. The fraction of sp³-hybridized carbons (Fsp3) is 0.500. The molecule has 0 saturated heterocycles. The van der Waals surface area contributed by atoms with Crippen LogP contribution in [0.15, 0.2) is 39.6 Å². The summed E-state index contributed by atoms with van der Waals surface area (Å²) in [5, 5.41) is 5.06. The zero-order valence-electron chi connectivity index (χ0n) is 17.2. The molecule has 1 N–H and O–H groups in total. The molecular formula is C20H26N2O5S3. The van der Waals surface area contributed by atoms with Gasteiger partial charge in [-0.2, -0.15) is 0 Å². The van der Waals surface area contributed by atoms with Gasteiger partial charge in [-0.05, 0) is 37.0 Å². The van der Waals surface area contributed by atoms with E-state index >= 15 is 0 Å². The van der Waals surface area contributed by atoms with Crippen LogP contribution < -0.4 is 5.32 Å². The van der Waals surface area contributed by atoms with Crippen LogP contribution in [0.5, 0.6) is 0 Å². The van der Waals surface area contributed by atoms with Crippen molar-refractivity contribution in [3.05, 3.63) is 35.3 Å². The van der Waals surface area contributed by atoms with E-state index in [0.717, 1.165) is 38.2 Å². The van der Waals surface area contributed by atoms with E-state index in [1.165, 1.54) is 23.5 Å². The van der Waals surface area contributed by atoms with Crippen molar-refractivity contribution in [2.75, 3.05) is 17.8 Å². The van der Waals surface area contributed by atoms with Crippen molar-refractivity contribution >= 4 is 42.1 Å². The Bertz CT molecular complexity index is 1140. The number of carbonyl (C=O) groups is 1. The number of amides is 1. The fourth-order valence-electron chi connectivity index (χ4n) is 4.10. The van der Waals surface area contributed by atoms with Crippen LogP contribution >= 0.6 is 11.3 Å². The van der Waals surface area contributed by atoms with Gasteiger partial charge in [0.25, 0.3) is 0 Å². The summed E-state index contributed by atoms with van der Waals surface area (Å²) in [6.45, 7) is 1.79. The number of nitrogens with one attached hydrogen (secondary N) is 1. The molecule has 30 heavy (non-hydrogen) atoms. The largest absolute Gasteiger partial charge is 0.301 e. The minimum atomic E-state index is -3.82. The lowest BCUT2D eigenvalue weighted by Crippen LogP contribution is -2.39. The third-order valence-electron chi connectivity index (χ3n) is 5.71. The van der Waals surface area contributed by atoms with E-state index in [-0.39, 0.29) is 15.7 Å². The molecule has 1 saturated carbocycles. The number of aromatic nitrogens is 1.